The summed E-state index contributed by atoms with van der Waals surface area (Å²) in [5, 5.41) is 16.0. The van der Waals surface area contributed by atoms with E-state index >= 15 is 0 Å². The van der Waals surface area contributed by atoms with Gasteiger partial charge in [-0.25, -0.2) is 0 Å². The first kappa shape index (κ1) is 18.5. The first-order valence-electron chi connectivity index (χ1n) is 6.95. The molecule has 0 saturated heterocycles. The fourth-order valence-corrected chi connectivity index (χ4v) is 2.32. The van der Waals surface area contributed by atoms with Crippen LogP contribution in [-0.4, -0.2) is 21.7 Å². The second kappa shape index (κ2) is 7.82. The summed E-state index contributed by atoms with van der Waals surface area (Å²) < 4.78 is 0. The van der Waals surface area contributed by atoms with Gasteiger partial charge in [-0.1, -0.05) is 11.6 Å². The Balaban J connectivity index is 2.05. The van der Waals surface area contributed by atoms with Crippen molar-refractivity contribution in [3.63, 3.8) is 0 Å². The Morgan fingerprint density at radius 3 is 2.28 bits per heavy atom. The number of carbonyl (C=O) groups excluding carboxylic acids is 2. The van der Waals surface area contributed by atoms with Crippen LogP contribution >= 0.6 is 23.8 Å². The first-order chi connectivity index (χ1) is 11.8. The van der Waals surface area contributed by atoms with Crippen LogP contribution in [0.25, 0.3) is 0 Å². The maximum Gasteiger partial charge on any atom is 0.288 e. The summed E-state index contributed by atoms with van der Waals surface area (Å²) in [6.07, 6.45) is 0. The molecule has 0 bridgehead atoms. The number of benzene rings is 2. The second-order valence-corrected chi connectivity index (χ2v) is 5.78. The standard InChI is InChI=1S/C16H12ClN3O4S/c1-9(21)10-2-5-12(6-3-10)18-16(25)19-15(22)11-4-7-13(17)14(8-11)20(23)24/h2-8H,1H3,(H2,18,19,22,25). The van der Waals surface area contributed by atoms with Crippen LogP contribution in [0.4, 0.5) is 11.4 Å². The van der Waals surface area contributed by atoms with Gasteiger partial charge >= 0.3 is 0 Å². The van der Waals surface area contributed by atoms with E-state index in [1.54, 1.807) is 24.3 Å². The van der Waals surface area contributed by atoms with Gasteiger partial charge in [0.2, 0.25) is 0 Å². The van der Waals surface area contributed by atoms with E-state index in [2.05, 4.69) is 10.6 Å². The molecule has 0 unspecified atom stereocenters. The van der Waals surface area contributed by atoms with Crippen molar-refractivity contribution < 1.29 is 14.5 Å². The van der Waals surface area contributed by atoms with Crippen molar-refractivity contribution in [2.75, 3.05) is 5.32 Å². The van der Waals surface area contributed by atoms with E-state index in [4.69, 9.17) is 23.8 Å². The number of nitrogens with zero attached hydrogens (tertiary/aromatic N) is 1. The minimum absolute atomic E-state index is 0.0122. The molecule has 25 heavy (non-hydrogen) atoms. The number of halogens is 1. The molecule has 2 rings (SSSR count). The van der Waals surface area contributed by atoms with Crippen molar-refractivity contribution in [2.45, 2.75) is 6.92 Å². The zero-order valence-electron chi connectivity index (χ0n) is 12.9. The SMILES string of the molecule is CC(=O)c1ccc(NC(=S)NC(=O)c2ccc(Cl)c([N+](=O)[O-])c2)cc1. The Morgan fingerprint density at radius 2 is 1.72 bits per heavy atom. The maximum atomic E-state index is 12.1. The van der Waals surface area contributed by atoms with Crippen LogP contribution in [0.1, 0.15) is 27.6 Å². The number of anilines is 1. The number of rotatable bonds is 4. The molecule has 128 valence electrons. The number of hydrogen-bond acceptors (Lipinski definition) is 5. The largest absolute Gasteiger partial charge is 0.332 e. The Bertz CT molecular complexity index is 868. The number of nitrogens with one attached hydrogen (secondary N) is 2. The fourth-order valence-electron chi connectivity index (χ4n) is 1.92. The van der Waals surface area contributed by atoms with Crippen LogP contribution in [0.2, 0.25) is 5.02 Å². The van der Waals surface area contributed by atoms with E-state index in [-0.39, 0.29) is 27.2 Å². The Labute approximate surface area is 153 Å². The van der Waals surface area contributed by atoms with Gasteiger partial charge in [-0.3, -0.25) is 25.0 Å². The van der Waals surface area contributed by atoms with Gasteiger partial charge in [0.05, 0.1) is 4.92 Å². The van der Waals surface area contributed by atoms with Crippen LogP contribution in [0.5, 0.6) is 0 Å². The minimum Gasteiger partial charge on any atom is -0.332 e. The lowest BCUT2D eigenvalue weighted by molar-refractivity contribution is -0.384. The summed E-state index contributed by atoms with van der Waals surface area (Å²) in [5.41, 5.74) is 0.812. The number of hydrogen-bond donors (Lipinski definition) is 2. The van der Waals surface area contributed by atoms with Gasteiger partial charge in [-0.15, -0.1) is 0 Å². The highest BCUT2D eigenvalue weighted by Gasteiger charge is 2.17. The third-order valence-electron chi connectivity index (χ3n) is 3.18. The van der Waals surface area contributed by atoms with Crippen molar-refractivity contribution in [3.05, 3.63) is 68.7 Å². The number of carbonyl (C=O) groups is 2. The first-order valence-corrected chi connectivity index (χ1v) is 7.74. The lowest BCUT2D eigenvalue weighted by atomic mass is 10.1. The van der Waals surface area contributed by atoms with Gasteiger partial charge in [0.15, 0.2) is 10.9 Å². The van der Waals surface area contributed by atoms with E-state index < -0.39 is 10.8 Å². The van der Waals surface area contributed by atoms with Gasteiger partial charge in [0.1, 0.15) is 5.02 Å². The van der Waals surface area contributed by atoms with Crippen LogP contribution in [0.3, 0.4) is 0 Å². The van der Waals surface area contributed by atoms with E-state index in [0.717, 1.165) is 6.07 Å². The van der Waals surface area contributed by atoms with Gasteiger partial charge in [0.25, 0.3) is 11.6 Å². The Morgan fingerprint density at radius 1 is 1.12 bits per heavy atom. The molecule has 7 nitrogen and oxygen atoms in total. The summed E-state index contributed by atoms with van der Waals surface area (Å²) in [4.78, 5) is 33.5. The highest BCUT2D eigenvalue weighted by molar-refractivity contribution is 7.80. The number of nitro groups is 1. The fraction of sp³-hybridized carbons (Fsp3) is 0.0625. The number of Topliss-reactive ketones (excluding diaryl/α,β-unsaturated/α-hetero) is 1. The molecule has 0 radical (unpaired) electrons. The molecule has 0 saturated carbocycles. The summed E-state index contributed by atoms with van der Waals surface area (Å²) >= 11 is 10.7. The number of nitro benzene ring substituents is 1. The van der Waals surface area contributed by atoms with Crippen molar-refractivity contribution in [1.82, 2.24) is 5.32 Å². The van der Waals surface area contributed by atoms with E-state index in [9.17, 15) is 19.7 Å². The number of ketones is 1. The highest BCUT2D eigenvalue weighted by Crippen LogP contribution is 2.25. The lowest BCUT2D eigenvalue weighted by Crippen LogP contribution is -2.34. The molecule has 0 spiro atoms. The second-order valence-electron chi connectivity index (χ2n) is 4.97. The van der Waals surface area contributed by atoms with Crippen LogP contribution in [-0.2, 0) is 0 Å². The number of thiocarbonyl (C=S) groups is 1. The molecule has 2 aromatic rings. The smallest absolute Gasteiger partial charge is 0.288 e. The molecule has 0 aliphatic carbocycles. The minimum atomic E-state index is -0.674. The normalized spacial score (nSPS) is 10.0. The zero-order valence-corrected chi connectivity index (χ0v) is 14.5. The van der Waals surface area contributed by atoms with E-state index in [1.165, 1.54) is 19.1 Å². The Hall–Kier alpha value is -2.84. The molecule has 0 aliphatic rings. The molecular weight excluding hydrogens is 366 g/mol. The zero-order chi connectivity index (χ0) is 18.6. The topological polar surface area (TPSA) is 101 Å². The van der Waals surface area contributed by atoms with Crippen LogP contribution in [0.15, 0.2) is 42.5 Å². The molecule has 2 N–H and O–H groups in total. The predicted octanol–water partition coefficient (Wildman–Crippen LogP) is 3.58. The van der Waals surface area contributed by atoms with Crippen molar-refractivity contribution in [1.29, 1.82) is 0 Å². The molecule has 0 aliphatic heterocycles. The van der Waals surface area contributed by atoms with Crippen LogP contribution in [0, 0.1) is 10.1 Å². The summed E-state index contributed by atoms with van der Waals surface area (Å²) in [6.45, 7) is 1.46. The lowest BCUT2D eigenvalue weighted by Gasteiger charge is -2.10. The van der Waals surface area contributed by atoms with E-state index in [1.807, 2.05) is 0 Å². The molecular formula is C16H12ClN3O4S. The molecule has 0 heterocycles. The van der Waals surface area contributed by atoms with Crippen molar-refractivity contribution >= 4 is 52.0 Å². The summed E-state index contributed by atoms with van der Waals surface area (Å²) in [7, 11) is 0. The molecule has 9 heteroatoms. The van der Waals surface area contributed by atoms with Gasteiger partial charge in [0, 0.05) is 22.9 Å². The molecule has 1 amide bonds. The predicted molar refractivity (Wildman–Crippen MR) is 98.2 cm³/mol. The maximum absolute atomic E-state index is 12.1. The average Bonchev–Trinajstić information content (AvgIpc) is 2.55. The summed E-state index contributed by atoms with van der Waals surface area (Å²) in [6, 6.07) is 10.2. The molecule has 0 fully saturated rings. The third kappa shape index (κ3) is 4.82. The number of amides is 1. The third-order valence-corrected chi connectivity index (χ3v) is 3.71. The van der Waals surface area contributed by atoms with Crippen molar-refractivity contribution in [3.8, 4) is 0 Å². The molecule has 0 atom stereocenters. The Kier molecular flexibility index (Phi) is 5.79. The highest BCUT2D eigenvalue weighted by atomic mass is 35.5. The summed E-state index contributed by atoms with van der Waals surface area (Å²) in [5.74, 6) is -0.676. The van der Waals surface area contributed by atoms with Crippen LogP contribution < -0.4 is 10.6 Å². The van der Waals surface area contributed by atoms with Gasteiger partial charge in [-0.2, -0.15) is 0 Å². The van der Waals surface area contributed by atoms with Gasteiger partial charge in [-0.05, 0) is 55.5 Å². The average molecular weight is 378 g/mol. The van der Waals surface area contributed by atoms with Crippen molar-refractivity contribution in [2.24, 2.45) is 0 Å². The van der Waals surface area contributed by atoms with E-state index in [0.29, 0.717) is 11.3 Å². The van der Waals surface area contributed by atoms with Gasteiger partial charge < -0.3 is 5.32 Å². The monoisotopic (exact) mass is 377 g/mol. The molecule has 2 aromatic carbocycles. The molecule has 0 aromatic heterocycles. The quantitative estimate of drug-likeness (QED) is 0.365.